The zero-order valence-corrected chi connectivity index (χ0v) is 9.00. The molecular formula is C11H15N3O. The number of rotatable bonds is 4. The van der Waals surface area contributed by atoms with Crippen molar-refractivity contribution in [1.29, 1.82) is 5.41 Å². The molecule has 0 aliphatic carbocycles. The molecule has 0 amide bonds. The second-order valence-electron chi connectivity index (χ2n) is 2.96. The molecule has 4 nitrogen and oxygen atoms in total. The largest absolute Gasteiger partial charge is 0.472 e. The molecule has 2 N–H and O–H groups in total. The fourth-order valence-corrected chi connectivity index (χ4v) is 1.44. The minimum atomic E-state index is 0.356. The first-order valence-corrected chi connectivity index (χ1v) is 4.66. The maximum atomic E-state index is 7.28. The topological polar surface area (TPSA) is 57.5 Å². The van der Waals surface area contributed by atoms with Gasteiger partial charge < -0.3 is 15.5 Å². The van der Waals surface area contributed by atoms with Gasteiger partial charge in [-0.2, -0.15) is 0 Å². The van der Waals surface area contributed by atoms with Crippen LogP contribution in [0, 0.1) is 5.41 Å². The molecule has 4 heteroatoms. The lowest BCUT2D eigenvalue weighted by Crippen LogP contribution is -2.20. The summed E-state index contributed by atoms with van der Waals surface area (Å²) in [5.74, 6) is 0.503. The Morgan fingerprint density at radius 2 is 2.33 bits per heavy atom. The van der Waals surface area contributed by atoms with E-state index in [0.717, 1.165) is 16.8 Å². The van der Waals surface area contributed by atoms with Crippen LogP contribution in [-0.2, 0) is 4.74 Å². The third-order valence-electron chi connectivity index (χ3n) is 2.09. The third-order valence-corrected chi connectivity index (χ3v) is 2.09. The summed E-state index contributed by atoms with van der Waals surface area (Å²) in [6, 6.07) is 0. The zero-order valence-electron chi connectivity index (χ0n) is 9.00. The zero-order chi connectivity index (χ0) is 11.3. The van der Waals surface area contributed by atoms with E-state index >= 15 is 0 Å². The summed E-state index contributed by atoms with van der Waals surface area (Å²) >= 11 is 0. The van der Waals surface area contributed by atoms with Crippen molar-refractivity contribution >= 4 is 12.9 Å². The van der Waals surface area contributed by atoms with Crippen LogP contribution in [0.25, 0.3) is 0 Å². The standard InChI is InChI=1S/C11H15N3O/c1-4-5-9-10(13-2)8(6-12)7-15-11(9)14-3/h4-6,12-13H,3,7H2,1-2H3/b5-4-,12-6?. The SMILES string of the molecule is C=NC1=C(/C=C\C)C(NC)=C(C=N)CO1. The summed E-state index contributed by atoms with van der Waals surface area (Å²) in [5.41, 5.74) is 2.51. The van der Waals surface area contributed by atoms with Crippen LogP contribution in [0.15, 0.2) is 39.9 Å². The molecular weight excluding hydrogens is 190 g/mol. The molecule has 0 aromatic rings. The Kier molecular flexibility index (Phi) is 3.85. The summed E-state index contributed by atoms with van der Waals surface area (Å²) < 4.78 is 5.38. The second-order valence-corrected chi connectivity index (χ2v) is 2.96. The molecule has 0 bridgehead atoms. The molecule has 0 atom stereocenters. The first-order valence-electron chi connectivity index (χ1n) is 4.66. The lowest BCUT2D eigenvalue weighted by atomic mass is 10.1. The molecule has 1 aliphatic rings. The quantitative estimate of drug-likeness (QED) is 0.685. The van der Waals surface area contributed by atoms with Gasteiger partial charge in [0.1, 0.15) is 6.61 Å². The third kappa shape index (κ3) is 2.15. The van der Waals surface area contributed by atoms with Crippen molar-refractivity contribution in [1.82, 2.24) is 5.32 Å². The van der Waals surface area contributed by atoms with Gasteiger partial charge in [0.05, 0.1) is 11.3 Å². The molecule has 0 unspecified atom stereocenters. The average Bonchev–Trinajstić information content (AvgIpc) is 2.28. The van der Waals surface area contributed by atoms with E-state index in [1.54, 1.807) is 0 Å². The highest BCUT2D eigenvalue weighted by Gasteiger charge is 2.18. The molecule has 0 saturated carbocycles. The van der Waals surface area contributed by atoms with E-state index in [0.29, 0.717) is 12.5 Å². The summed E-state index contributed by atoms with van der Waals surface area (Å²) in [6.07, 6.45) is 5.07. The van der Waals surface area contributed by atoms with Gasteiger partial charge in [0.2, 0.25) is 5.88 Å². The number of hydrogen-bond donors (Lipinski definition) is 2. The van der Waals surface area contributed by atoms with Crippen LogP contribution >= 0.6 is 0 Å². The van der Waals surface area contributed by atoms with Gasteiger partial charge in [-0.1, -0.05) is 12.2 Å². The number of likely N-dealkylation sites (N-methyl/N-ethyl adjacent to an activating group) is 1. The highest BCUT2D eigenvalue weighted by Crippen LogP contribution is 2.24. The number of aliphatic imine (C=N–C) groups is 1. The van der Waals surface area contributed by atoms with Crippen molar-refractivity contribution in [3.8, 4) is 0 Å². The van der Waals surface area contributed by atoms with Crippen LogP contribution in [0.3, 0.4) is 0 Å². The Hall–Kier alpha value is -1.84. The van der Waals surface area contributed by atoms with Crippen LogP contribution in [0.1, 0.15) is 6.92 Å². The molecule has 1 rings (SSSR count). The summed E-state index contributed by atoms with van der Waals surface area (Å²) in [4.78, 5) is 3.82. The van der Waals surface area contributed by atoms with Gasteiger partial charge in [-0.3, -0.25) is 0 Å². The van der Waals surface area contributed by atoms with E-state index < -0.39 is 0 Å². The van der Waals surface area contributed by atoms with E-state index in [9.17, 15) is 0 Å². The van der Waals surface area contributed by atoms with E-state index in [4.69, 9.17) is 10.1 Å². The maximum Gasteiger partial charge on any atom is 0.222 e. The molecule has 0 spiro atoms. The van der Waals surface area contributed by atoms with E-state index in [-0.39, 0.29) is 0 Å². The van der Waals surface area contributed by atoms with Crippen molar-refractivity contribution in [2.24, 2.45) is 4.99 Å². The maximum absolute atomic E-state index is 7.28. The first-order chi connectivity index (χ1) is 7.28. The molecule has 1 heterocycles. The Labute approximate surface area is 89.6 Å². The Balaban J connectivity index is 3.29. The normalized spacial score (nSPS) is 16.7. The minimum Gasteiger partial charge on any atom is -0.472 e. The van der Waals surface area contributed by atoms with Crippen molar-refractivity contribution < 1.29 is 4.74 Å². The van der Waals surface area contributed by atoms with Crippen molar-refractivity contribution in [3.05, 3.63) is 34.9 Å². The Morgan fingerprint density at radius 3 is 2.80 bits per heavy atom. The molecule has 1 aliphatic heterocycles. The molecule has 0 aromatic carbocycles. The molecule has 0 fully saturated rings. The van der Waals surface area contributed by atoms with Gasteiger partial charge in [-0.05, 0) is 13.6 Å². The molecule has 80 valence electrons. The first kappa shape index (κ1) is 11.2. The van der Waals surface area contributed by atoms with Crippen molar-refractivity contribution in [2.45, 2.75) is 6.92 Å². The number of hydrogen-bond acceptors (Lipinski definition) is 4. The van der Waals surface area contributed by atoms with Gasteiger partial charge in [-0.25, -0.2) is 4.99 Å². The Morgan fingerprint density at radius 1 is 1.60 bits per heavy atom. The van der Waals surface area contributed by atoms with Gasteiger partial charge >= 0.3 is 0 Å². The van der Waals surface area contributed by atoms with E-state index in [1.807, 2.05) is 26.1 Å². The van der Waals surface area contributed by atoms with Gasteiger partial charge in [0, 0.05) is 18.8 Å². The van der Waals surface area contributed by atoms with Crippen molar-refractivity contribution in [3.63, 3.8) is 0 Å². The highest BCUT2D eigenvalue weighted by atomic mass is 16.5. The van der Waals surface area contributed by atoms with Gasteiger partial charge in [0.25, 0.3) is 0 Å². The average molecular weight is 205 g/mol. The number of nitrogens with zero attached hydrogens (tertiary/aromatic N) is 1. The summed E-state index contributed by atoms with van der Waals surface area (Å²) in [6.45, 7) is 5.73. The predicted molar refractivity (Wildman–Crippen MR) is 62.2 cm³/mol. The summed E-state index contributed by atoms with van der Waals surface area (Å²) in [7, 11) is 1.81. The van der Waals surface area contributed by atoms with Crippen molar-refractivity contribution in [2.75, 3.05) is 13.7 Å². The van der Waals surface area contributed by atoms with Crippen LogP contribution < -0.4 is 5.32 Å². The number of nitrogens with one attached hydrogen (secondary N) is 2. The van der Waals surface area contributed by atoms with Gasteiger partial charge in [0.15, 0.2) is 0 Å². The second kappa shape index (κ2) is 5.14. The monoisotopic (exact) mass is 205 g/mol. The Bertz CT molecular complexity index is 364. The number of allylic oxidation sites excluding steroid dienone is 2. The van der Waals surface area contributed by atoms with E-state index in [2.05, 4.69) is 17.0 Å². The molecule has 0 radical (unpaired) electrons. The number of ether oxygens (including phenoxy) is 1. The van der Waals surface area contributed by atoms with Crippen LogP contribution in [-0.4, -0.2) is 26.6 Å². The van der Waals surface area contributed by atoms with Crippen LogP contribution in [0.4, 0.5) is 0 Å². The van der Waals surface area contributed by atoms with Crippen LogP contribution in [0.5, 0.6) is 0 Å². The fourth-order valence-electron chi connectivity index (χ4n) is 1.44. The lowest BCUT2D eigenvalue weighted by molar-refractivity contribution is 0.232. The molecule has 0 aromatic heterocycles. The smallest absolute Gasteiger partial charge is 0.222 e. The predicted octanol–water partition coefficient (Wildman–Crippen LogP) is 1.63. The van der Waals surface area contributed by atoms with E-state index in [1.165, 1.54) is 6.21 Å². The summed E-state index contributed by atoms with van der Waals surface area (Å²) in [5, 5.41) is 10.3. The molecule has 0 saturated heterocycles. The molecule has 15 heavy (non-hydrogen) atoms. The minimum absolute atomic E-state index is 0.356. The fraction of sp³-hybridized carbons (Fsp3) is 0.273. The van der Waals surface area contributed by atoms with Crippen LogP contribution in [0.2, 0.25) is 0 Å². The lowest BCUT2D eigenvalue weighted by Gasteiger charge is -2.21. The highest BCUT2D eigenvalue weighted by molar-refractivity contribution is 5.80. The van der Waals surface area contributed by atoms with Gasteiger partial charge in [-0.15, -0.1) is 0 Å².